The summed E-state index contributed by atoms with van der Waals surface area (Å²) in [5, 5.41) is 3.31. The monoisotopic (exact) mass is 185 g/mol. The standard InChI is InChI=1S/C11H11N3/c1-8-3-2-4-10-9(8)7-14-6-5-12-11(14)13-10/h2-6H,7H2,1H3,(H,12,13). The quantitative estimate of drug-likeness (QED) is 0.582. The summed E-state index contributed by atoms with van der Waals surface area (Å²) in [5.74, 6) is 0.933. The van der Waals surface area contributed by atoms with Crippen molar-refractivity contribution in [2.24, 2.45) is 0 Å². The van der Waals surface area contributed by atoms with Crippen LogP contribution in [-0.4, -0.2) is 9.55 Å². The highest BCUT2D eigenvalue weighted by Gasteiger charge is 2.15. The molecule has 2 aromatic rings. The first-order valence-corrected chi connectivity index (χ1v) is 4.71. The Bertz CT molecular complexity index is 485. The third-order valence-electron chi connectivity index (χ3n) is 2.70. The lowest BCUT2D eigenvalue weighted by atomic mass is 10.1. The summed E-state index contributed by atoms with van der Waals surface area (Å²) in [6.45, 7) is 3.06. The number of benzene rings is 1. The maximum absolute atomic E-state index is 4.24. The lowest BCUT2D eigenvalue weighted by Crippen LogP contribution is -2.13. The van der Waals surface area contributed by atoms with Crippen LogP contribution in [0.15, 0.2) is 30.6 Å². The van der Waals surface area contributed by atoms with Gasteiger partial charge in [-0.05, 0) is 24.1 Å². The number of anilines is 2. The third kappa shape index (κ3) is 0.954. The molecule has 3 nitrogen and oxygen atoms in total. The molecule has 0 bridgehead atoms. The molecule has 0 amide bonds. The van der Waals surface area contributed by atoms with Crippen molar-refractivity contribution in [3.63, 3.8) is 0 Å². The molecule has 0 spiro atoms. The molecule has 0 aliphatic carbocycles. The van der Waals surface area contributed by atoms with Gasteiger partial charge in [0.05, 0.1) is 6.54 Å². The van der Waals surface area contributed by atoms with E-state index in [0.717, 1.165) is 12.5 Å². The average molecular weight is 185 g/mol. The van der Waals surface area contributed by atoms with Gasteiger partial charge in [0.1, 0.15) is 0 Å². The van der Waals surface area contributed by atoms with Crippen LogP contribution in [0.1, 0.15) is 11.1 Å². The van der Waals surface area contributed by atoms with Crippen molar-refractivity contribution in [2.75, 3.05) is 5.32 Å². The van der Waals surface area contributed by atoms with Crippen molar-refractivity contribution in [3.8, 4) is 0 Å². The summed E-state index contributed by atoms with van der Waals surface area (Å²) in [7, 11) is 0. The molecule has 1 N–H and O–H groups in total. The zero-order chi connectivity index (χ0) is 9.54. The van der Waals surface area contributed by atoms with Gasteiger partial charge in [-0.3, -0.25) is 0 Å². The lowest BCUT2D eigenvalue weighted by molar-refractivity contribution is 0.786. The average Bonchev–Trinajstić information content (AvgIpc) is 2.62. The Labute approximate surface area is 82.4 Å². The third-order valence-corrected chi connectivity index (χ3v) is 2.70. The van der Waals surface area contributed by atoms with Crippen molar-refractivity contribution in [2.45, 2.75) is 13.5 Å². The highest BCUT2D eigenvalue weighted by atomic mass is 15.2. The van der Waals surface area contributed by atoms with Crippen LogP contribution >= 0.6 is 0 Å². The van der Waals surface area contributed by atoms with E-state index >= 15 is 0 Å². The molecule has 0 radical (unpaired) electrons. The van der Waals surface area contributed by atoms with E-state index in [4.69, 9.17) is 0 Å². The number of aryl methyl sites for hydroxylation is 1. The van der Waals surface area contributed by atoms with Gasteiger partial charge in [-0.15, -0.1) is 0 Å². The van der Waals surface area contributed by atoms with E-state index < -0.39 is 0 Å². The first-order valence-electron chi connectivity index (χ1n) is 4.71. The van der Waals surface area contributed by atoms with Crippen LogP contribution < -0.4 is 5.32 Å². The fourth-order valence-corrected chi connectivity index (χ4v) is 1.88. The molecule has 0 saturated heterocycles. The smallest absolute Gasteiger partial charge is 0.207 e. The topological polar surface area (TPSA) is 29.9 Å². The number of imidazole rings is 1. The Balaban J connectivity index is 2.17. The molecule has 1 aliphatic heterocycles. The van der Waals surface area contributed by atoms with Crippen molar-refractivity contribution in [1.29, 1.82) is 0 Å². The summed E-state index contributed by atoms with van der Waals surface area (Å²) in [6.07, 6.45) is 3.82. The van der Waals surface area contributed by atoms with Gasteiger partial charge in [0.15, 0.2) is 0 Å². The first kappa shape index (κ1) is 7.62. The van der Waals surface area contributed by atoms with Gasteiger partial charge < -0.3 is 9.88 Å². The molecule has 2 heterocycles. The molecule has 0 saturated carbocycles. The van der Waals surface area contributed by atoms with E-state index in [2.05, 4.69) is 40.0 Å². The predicted molar refractivity (Wildman–Crippen MR) is 55.8 cm³/mol. The summed E-state index contributed by atoms with van der Waals surface area (Å²) in [6, 6.07) is 6.31. The second-order valence-corrected chi connectivity index (χ2v) is 3.60. The summed E-state index contributed by atoms with van der Waals surface area (Å²) >= 11 is 0. The number of nitrogens with zero attached hydrogens (tertiary/aromatic N) is 2. The zero-order valence-corrected chi connectivity index (χ0v) is 7.99. The van der Waals surface area contributed by atoms with Crippen LogP contribution in [0.25, 0.3) is 0 Å². The molecule has 0 fully saturated rings. The van der Waals surface area contributed by atoms with Gasteiger partial charge in [-0.1, -0.05) is 12.1 Å². The second kappa shape index (κ2) is 2.61. The van der Waals surface area contributed by atoms with E-state index in [0.29, 0.717) is 0 Å². The van der Waals surface area contributed by atoms with E-state index in [9.17, 15) is 0 Å². The molecule has 70 valence electrons. The molecule has 3 rings (SSSR count). The number of fused-ring (bicyclic) bond motifs is 2. The fourth-order valence-electron chi connectivity index (χ4n) is 1.88. The number of rotatable bonds is 0. The van der Waals surface area contributed by atoms with Crippen molar-refractivity contribution in [3.05, 3.63) is 41.7 Å². The number of nitrogens with one attached hydrogen (secondary N) is 1. The number of hydrogen-bond acceptors (Lipinski definition) is 2. The van der Waals surface area contributed by atoms with Crippen LogP contribution in [0.4, 0.5) is 11.6 Å². The predicted octanol–water partition coefficient (Wildman–Crippen LogP) is 2.30. The second-order valence-electron chi connectivity index (χ2n) is 3.60. The Hall–Kier alpha value is -1.77. The molecule has 1 aromatic heterocycles. The minimum atomic E-state index is 0.921. The summed E-state index contributed by atoms with van der Waals surface area (Å²) < 4.78 is 2.12. The van der Waals surface area contributed by atoms with Crippen LogP contribution in [-0.2, 0) is 6.54 Å². The molecular weight excluding hydrogens is 174 g/mol. The Morgan fingerprint density at radius 3 is 3.29 bits per heavy atom. The number of aromatic nitrogens is 2. The fraction of sp³-hybridized carbons (Fsp3) is 0.182. The van der Waals surface area contributed by atoms with Crippen molar-refractivity contribution >= 4 is 11.6 Å². The van der Waals surface area contributed by atoms with E-state index in [1.807, 2.05) is 12.4 Å². The molecule has 0 unspecified atom stereocenters. The molecule has 1 aliphatic rings. The van der Waals surface area contributed by atoms with Crippen molar-refractivity contribution < 1.29 is 0 Å². The van der Waals surface area contributed by atoms with E-state index in [1.54, 1.807) is 0 Å². The molecule has 14 heavy (non-hydrogen) atoms. The van der Waals surface area contributed by atoms with E-state index in [1.165, 1.54) is 16.8 Å². The molecule has 3 heteroatoms. The Morgan fingerprint density at radius 2 is 2.36 bits per heavy atom. The van der Waals surface area contributed by atoms with Gasteiger partial charge in [0.2, 0.25) is 5.95 Å². The maximum atomic E-state index is 4.24. The number of hydrogen-bond donors (Lipinski definition) is 1. The van der Waals surface area contributed by atoms with Gasteiger partial charge in [-0.2, -0.15) is 0 Å². The van der Waals surface area contributed by atoms with Crippen molar-refractivity contribution in [1.82, 2.24) is 9.55 Å². The molecule has 0 atom stereocenters. The normalized spacial score (nSPS) is 12.9. The highest BCUT2D eigenvalue weighted by molar-refractivity contribution is 5.63. The SMILES string of the molecule is Cc1cccc2c1Cn1ccnc1N2. The minimum Gasteiger partial charge on any atom is -0.325 e. The van der Waals surface area contributed by atoms with Crippen LogP contribution in [0.5, 0.6) is 0 Å². The lowest BCUT2D eigenvalue weighted by Gasteiger charge is -2.21. The zero-order valence-electron chi connectivity index (χ0n) is 7.99. The van der Waals surface area contributed by atoms with Gasteiger partial charge >= 0.3 is 0 Å². The minimum absolute atomic E-state index is 0.921. The molecular formula is C11H11N3. The van der Waals surface area contributed by atoms with Gasteiger partial charge in [0.25, 0.3) is 0 Å². The first-order chi connectivity index (χ1) is 6.84. The Morgan fingerprint density at radius 1 is 1.43 bits per heavy atom. The van der Waals surface area contributed by atoms with E-state index in [-0.39, 0.29) is 0 Å². The summed E-state index contributed by atoms with van der Waals surface area (Å²) in [4.78, 5) is 4.24. The Kier molecular flexibility index (Phi) is 1.42. The molecule has 1 aromatic carbocycles. The van der Waals surface area contributed by atoms with Crippen LogP contribution in [0.3, 0.4) is 0 Å². The maximum Gasteiger partial charge on any atom is 0.207 e. The largest absolute Gasteiger partial charge is 0.325 e. The van der Waals surface area contributed by atoms with Crippen LogP contribution in [0, 0.1) is 6.92 Å². The summed E-state index contributed by atoms with van der Waals surface area (Å²) in [5.41, 5.74) is 3.87. The van der Waals surface area contributed by atoms with Crippen LogP contribution in [0.2, 0.25) is 0 Å². The van der Waals surface area contributed by atoms with Gasteiger partial charge in [0, 0.05) is 18.1 Å². The van der Waals surface area contributed by atoms with Gasteiger partial charge in [-0.25, -0.2) is 4.98 Å². The highest BCUT2D eigenvalue weighted by Crippen LogP contribution is 2.28.